The molecule has 12 nitrogen and oxygen atoms in total. The van der Waals surface area contributed by atoms with Gasteiger partial charge in [-0.3, -0.25) is 9.55 Å². The van der Waals surface area contributed by atoms with Gasteiger partial charge in [-0.15, -0.1) is 15.3 Å². The molecule has 0 aliphatic carbocycles. The van der Waals surface area contributed by atoms with Crippen molar-refractivity contribution in [1.82, 2.24) is 34.9 Å². The van der Waals surface area contributed by atoms with Gasteiger partial charge in [0.05, 0.1) is 10.7 Å². The summed E-state index contributed by atoms with van der Waals surface area (Å²) in [6.45, 7) is 0. The molecule has 180 valence electrons. The van der Waals surface area contributed by atoms with Gasteiger partial charge in [-0.1, -0.05) is 28.8 Å². The number of nitriles is 1. The lowest BCUT2D eigenvalue weighted by Crippen LogP contribution is -2.12. The van der Waals surface area contributed by atoms with E-state index in [-0.39, 0.29) is 34.0 Å². The van der Waals surface area contributed by atoms with Gasteiger partial charge in [0.25, 0.3) is 5.89 Å². The summed E-state index contributed by atoms with van der Waals surface area (Å²) >= 11 is 6.44. The maximum Gasteiger partial charge on any atom is 0.294 e. The molecule has 37 heavy (non-hydrogen) atoms. The number of hydrogen-bond acceptors (Lipinski definition) is 10. The van der Waals surface area contributed by atoms with E-state index < -0.39 is 10.0 Å². The summed E-state index contributed by atoms with van der Waals surface area (Å²) in [6, 6.07) is 14.8. The zero-order valence-corrected chi connectivity index (χ0v) is 20.0. The minimum Gasteiger partial charge on any atom is -0.410 e. The Balaban J connectivity index is 1.56. The lowest BCUT2D eigenvalue weighted by atomic mass is 10.2. The number of halogens is 1. The number of rotatable bonds is 4. The van der Waals surface area contributed by atoms with Crippen molar-refractivity contribution >= 4 is 21.6 Å². The van der Waals surface area contributed by atoms with Gasteiger partial charge in [-0.2, -0.15) is 5.26 Å². The van der Waals surface area contributed by atoms with Crippen LogP contribution in [0, 0.1) is 23.2 Å². The van der Waals surface area contributed by atoms with Gasteiger partial charge in [-0.05, 0) is 42.3 Å². The Bertz CT molecular complexity index is 1850. The third kappa shape index (κ3) is 4.91. The number of sulfonamides is 1. The second-order valence-electron chi connectivity index (χ2n) is 7.26. The third-order valence-corrected chi connectivity index (χ3v) is 6.10. The van der Waals surface area contributed by atoms with Gasteiger partial charge < -0.3 is 4.42 Å². The normalized spacial score (nSPS) is 10.9. The van der Waals surface area contributed by atoms with Crippen molar-refractivity contribution in [1.29, 1.82) is 5.26 Å². The van der Waals surface area contributed by atoms with E-state index in [9.17, 15) is 8.42 Å². The summed E-state index contributed by atoms with van der Waals surface area (Å²) in [4.78, 5) is 7.93. The number of hydrogen-bond donors (Lipinski definition) is 1. The molecule has 0 radical (unpaired) electrons. The van der Waals surface area contributed by atoms with Crippen LogP contribution < -0.4 is 5.14 Å². The van der Waals surface area contributed by atoms with Gasteiger partial charge >= 0.3 is 0 Å². The minimum atomic E-state index is -3.92. The van der Waals surface area contributed by atoms with Gasteiger partial charge in [-0.25, -0.2) is 18.5 Å². The topological polar surface area (TPSA) is 179 Å². The lowest BCUT2D eigenvalue weighted by molar-refractivity contribution is 0.554. The first-order valence-electron chi connectivity index (χ1n) is 10.2. The molecule has 4 aromatic heterocycles. The molecule has 5 aromatic rings. The van der Waals surface area contributed by atoms with Crippen molar-refractivity contribution in [2.75, 3.05) is 0 Å². The van der Waals surface area contributed by atoms with Gasteiger partial charge in [0, 0.05) is 23.9 Å². The maximum atomic E-state index is 11.6. The quantitative estimate of drug-likeness (QED) is 0.339. The average molecular weight is 530 g/mol. The summed E-state index contributed by atoms with van der Waals surface area (Å²) in [7, 11) is -3.92. The fraction of sp³-hybridized carbons (Fsp3) is 0. The smallest absolute Gasteiger partial charge is 0.294 e. The molecule has 0 saturated carbocycles. The highest BCUT2D eigenvalue weighted by Gasteiger charge is 2.19. The van der Waals surface area contributed by atoms with Crippen molar-refractivity contribution < 1.29 is 12.8 Å². The number of para-hydroxylation sites is 1. The Morgan fingerprint density at radius 3 is 2.57 bits per heavy atom. The standard InChI is InChI=1S/C23H12ClN9O3S/c24-17-3-1-2-4-19(17)33-20(29-31-22(33)18-6-5-16(13-28-18)37(26,34)35)7-8-21-30-32-23(36-21)14-9-10-27-15(11-14)12-25/h1-6,9-11,13H,(H2,26,34,35). The summed E-state index contributed by atoms with van der Waals surface area (Å²) in [5.41, 5.74) is 1.54. The Hall–Kier alpha value is -4.95. The molecule has 0 spiro atoms. The minimum absolute atomic E-state index is 0.00351. The zero-order chi connectivity index (χ0) is 26.0. The van der Waals surface area contributed by atoms with Crippen molar-refractivity contribution in [3.63, 3.8) is 0 Å². The number of aromatic nitrogens is 7. The van der Waals surface area contributed by atoms with E-state index in [0.717, 1.165) is 6.20 Å². The Morgan fingerprint density at radius 2 is 1.84 bits per heavy atom. The Morgan fingerprint density at radius 1 is 1.00 bits per heavy atom. The van der Waals surface area contributed by atoms with E-state index in [1.165, 1.54) is 24.4 Å². The number of primary sulfonamides is 1. The van der Waals surface area contributed by atoms with Crippen molar-refractivity contribution in [2.24, 2.45) is 5.14 Å². The predicted molar refractivity (Wildman–Crippen MR) is 129 cm³/mol. The molecule has 0 fully saturated rings. The monoisotopic (exact) mass is 529 g/mol. The molecule has 5 rings (SSSR count). The highest BCUT2D eigenvalue weighted by Crippen LogP contribution is 2.27. The first kappa shape index (κ1) is 23.8. The van der Waals surface area contributed by atoms with Gasteiger partial charge in [0.1, 0.15) is 22.4 Å². The molecule has 1 aromatic carbocycles. The Labute approximate surface area is 214 Å². The Kier molecular flexibility index (Phi) is 6.17. The fourth-order valence-corrected chi connectivity index (χ4v) is 3.88. The largest absolute Gasteiger partial charge is 0.410 e. The van der Waals surface area contributed by atoms with Crippen molar-refractivity contribution in [3.05, 3.63) is 83.4 Å². The SMILES string of the molecule is N#Cc1cc(-c2nnc(C#Cc3nnc(-c4ccc(S(N)(=O)=O)cn4)n3-c3ccccc3Cl)o2)ccn1. The average Bonchev–Trinajstić information content (AvgIpc) is 3.55. The second kappa shape index (κ2) is 9.60. The van der Waals surface area contributed by atoms with Crippen LogP contribution in [0.5, 0.6) is 0 Å². The molecule has 14 heteroatoms. The molecule has 4 heterocycles. The van der Waals surface area contributed by atoms with Crippen LogP contribution in [0.3, 0.4) is 0 Å². The van der Waals surface area contributed by atoms with Crippen LogP contribution in [0.15, 0.2) is 70.2 Å². The second-order valence-corrected chi connectivity index (χ2v) is 9.23. The van der Waals surface area contributed by atoms with Crippen LogP contribution in [0.4, 0.5) is 0 Å². The van der Waals surface area contributed by atoms with E-state index in [1.807, 2.05) is 6.07 Å². The van der Waals surface area contributed by atoms with E-state index in [2.05, 4.69) is 42.2 Å². The van der Waals surface area contributed by atoms with Crippen LogP contribution in [0.1, 0.15) is 17.4 Å². The van der Waals surface area contributed by atoms with Gasteiger partial charge in [0.2, 0.25) is 21.7 Å². The summed E-state index contributed by atoms with van der Waals surface area (Å²) < 4.78 is 30.3. The zero-order valence-electron chi connectivity index (χ0n) is 18.4. The molecule has 2 N–H and O–H groups in total. The summed E-state index contributed by atoms with van der Waals surface area (Å²) in [5.74, 6) is 6.18. The van der Waals surface area contributed by atoms with Crippen molar-refractivity contribution in [2.45, 2.75) is 4.90 Å². The molecule has 0 aliphatic rings. The molecule has 0 saturated heterocycles. The number of pyridine rings is 2. The highest BCUT2D eigenvalue weighted by molar-refractivity contribution is 7.89. The molecule has 0 bridgehead atoms. The maximum absolute atomic E-state index is 11.6. The molecule has 0 atom stereocenters. The van der Waals surface area contributed by atoms with Crippen molar-refractivity contribution in [3.8, 4) is 46.6 Å². The number of benzene rings is 1. The van der Waals surface area contributed by atoms with E-state index in [4.69, 9.17) is 26.4 Å². The van der Waals surface area contributed by atoms with Crippen LogP contribution in [0.2, 0.25) is 5.02 Å². The molecular formula is C23H12ClN9O3S. The summed E-state index contributed by atoms with van der Waals surface area (Å²) in [5, 5.41) is 30.8. The van der Waals surface area contributed by atoms with Crippen LogP contribution in [-0.4, -0.2) is 43.3 Å². The van der Waals surface area contributed by atoms with Crippen LogP contribution in [0.25, 0.3) is 28.7 Å². The molecule has 0 aliphatic heterocycles. The molecular weight excluding hydrogens is 518 g/mol. The first-order chi connectivity index (χ1) is 17.8. The number of nitrogens with two attached hydrogens (primary N) is 1. The first-order valence-corrected chi connectivity index (χ1v) is 12.2. The third-order valence-electron chi connectivity index (χ3n) is 4.88. The molecule has 0 unspecified atom stereocenters. The fourth-order valence-electron chi connectivity index (χ4n) is 3.20. The van der Waals surface area contributed by atoms with Gasteiger partial charge in [0.15, 0.2) is 5.82 Å². The van der Waals surface area contributed by atoms with E-state index in [1.54, 1.807) is 34.9 Å². The predicted octanol–water partition coefficient (Wildman–Crippen LogP) is 2.35. The van der Waals surface area contributed by atoms with E-state index >= 15 is 0 Å². The number of nitrogens with zero attached hydrogens (tertiary/aromatic N) is 8. The highest BCUT2D eigenvalue weighted by atomic mass is 35.5. The summed E-state index contributed by atoms with van der Waals surface area (Å²) in [6.07, 6.45) is 2.58. The molecule has 0 amide bonds. The van der Waals surface area contributed by atoms with E-state index in [0.29, 0.717) is 22.0 Å². The van der Waals surface area contributed by atoms with Crippen LogP contribution in [-0.2, 0) is 10.0 Å². The lowest BCUT2D eigenvalue weighted by Gasteiger charge is -2.09. The van der Waals surface area contributed by atoms with Crippen LogP contribution >= 0.6 is 11.6 Å².